The van der Waals surface area contributed by atoms with Gasteiger partial charge in [0, 0.05) is 29.2 Å². The van der Waals surface area contributed by atoms with Gasteiger partial charge in [-0.2, -0.15) is 5.10 Å². The summed E-state index contributed by atoms with van der Waals surface area (Å²) >= 11 is 3.47. The Kier molecular flexibility index (Phi) is 5.80. The fourth-order valence-corrected chi connectivity index (χ4v) is 5.68. The molecule has 3 aromatic heterocycles. The van der Waals surface area contributed by atoms with E-state index in [2.05, 4.69) is 51.8 Å². The summed E-state index contributed by atoms with van der Waals surface area (Å²) in [4.78, 5) is 20.7. The zero-order valence-electron chi connectivity index (χ0n) is 18.1. The fourth-order valence-electron chi connectivity index (χ4n) is 3.88. The normalized spacial score (nSPS) is 13.8. The van der Waals surface area contributed by atoms with E-state index in [0.717, 1.165) is 41.4 Å². The van der Waals surface area contributed by atoms with Crippen LogP contribution in [0.15, 0.2) is 47.9 Å². The number of ether oxygens (including phenoxy) is 1. The summed E-state index contributed by atoms with van der Waals surface area (Å²) in [6.45, 7) is 6.53. The number of nitrogens with zero attached hydrogens (tertiary/aromatic N) is 4. The van der Waals surface area contributed by atoms with Crippen LogP contribution in [0.5, 0.6) is 0 Å². The Morgan fingerprint density at radius 1 is 1.25 bits per heavy atom. The van der Waals surface area contributed by atoms with Gasteiger partial charge < -0.3 is 9.64 Å². The van der Waals surface area contributed by atoms with Crippen molar-refractivity contribution in [2.45, 2.75) is 26.8 Å². The molecule has 0 unspecified atom stereocenters. The number of esters is 1. The van der Waals surface area contributed by atoms with Gasteiger partial charge in [0.05, 0.1) is 23.4 Å². The second-order valence-corrected chi connectivity index (χ2v) is 9.67. The van der Waals surface area contributed by atoms with Crippen molar-refractivity contribution in [1.82, 2.24) is 14.8 Å². The molecule has 0 spiro atoms. The lowest BCUT2D eigenvalue weighted by atomic mass is 10.1. The zero-order chi connectivity index (χ0) is 22.1. The molecule has 1 aliphatic heterocycles. The Hall–Kier alpha value is -2.97. The molecule has 0 saturated carbocycles. The second-order valence-electron chi connectivity index (χ2n) is 7.71. The van der Waals surface area contributed by atoms with Crippen LogP contribution in [0.1, 0.15) is 35.1 Å². The Bertz CT molecular complexity index is 1290. The Morgan fingerprint density at radius 2 is 2.16 bits per heavy atom. The maximum atomic E-state index is 12.1. The van der Waals surface area contributed by atoms with Gasteiger partial charge in [0.2, 0.25) is 0 Å². The molecule has 0 aliphatic carbocycles. The standard InChI is InChI=1S/C24H24N4O2S2/c1-3-30-23(29)19-12-16(2)28(26-19)15-18-13-17(20-8-7-11-31-20)14-21-22(18)25-24(32-21)27-9-5-4-6-10-27/h4-5,7-8,11-14H,3,6,9-10,15H2,1-2H3. The number of carbonyl (C=O) groups is 1. The van der Waals surface area contributed by atoms with Crippen LogP contribution < -0.4 is 4.90 Å². The van der Waals surface area contributed by atoms with E-state index in [-0.39, 0.29) is 5.97 Å². The number of rotatable bonds is 6. The molecule has 0 N–H and O–H groups in total. The smallest absolute Gasteiger partial charge is 0.358 e. The van der Waals surface area contributed by atoms with E-state index in [1.54, 1.807) is 35.7 Å². The van der Waals surface area contributed by atoms with E-state index in [9.17, 15) is 4.79 Å². The third-order valence-corrected chi connectivity index (χ3v) is 7.46. The summed E-state index contributed by atoms with van der Waals surface area (Å²) in [6, 6.07) is 10.5. The summed E-state index contributed by atoms with van der Waals surface area (Å²) in [5, 5.41) is 7.67. The van der Waals surface area contributed by atoms with Gasteiger partial charge in [0.1, 0.15) is 0 Å². The van der Waals surface area contributed by atoms with Crippen molar-refractivity contribution in [2.75, 3.05) is 24.6 Å². The molecule has 32 heavy (non-hydrogen) atoms. The molecular formula is C24H24N4O2S2. The van der Waals surface area contributed by atoms with Crippen LogP contribution in [0.25, 0.3) is 20.7 Å². The highest BCUT2D eigenvalue weighted by Gasteiger charge is 2.19. The first kappa shape index (κ1) is 20.9. The van der Waals surface area contributed by atoms with E-state index >= 15 is 0 Å². The molecule has 6 nitrogen and oxygen atoms in total. The monoisotopic (exact) mass is 464 g/mol. The number of thiophene rings is 1. The SMILES string of the molecule is CCOC(=O)c1cc(C)n(Cc2cc(-c3cccs3)cc3sc(N4CC=CCC4)nc23)n1. The molecule has 4 aromatic rings. The summed E-state index contributed by atoms with van der Waals surface area (Å²) in [5.41, 5.74) is 4.55. The number of fused-ring (bicyclic) bond motifs is 1. The highest BCUT2D eigenvalue weighted by Crippen LogP contribution is 2.37. The molecule has 0 radical (unpaired) electrons. The molecule has 1 aliphatic rings. The minimum absolute atomic E-state index is 0.335. The third-order valence-electron chi connectivity index (χ3n) is 5.48. The lowest BCUT2D eigenvalue weighted by Gasteiger charge is -2.22. The van der Waals surface area contributed by atoms with Crippen molar-refractivity contribution in [3.05, 3.63) is 64.8 Å². The van der Waals surface area contributed by atoms with Crippen LogP contribution in [0.3, 0.4) is 0 Å². The predicted octanol–water partition coefficient (Wildman–Crippen LogP) is 5.52. The quantitative estimate of drug-likeness (QED) is 0.278. The summed E-state index contributed by atoms with van der Waals surface area (Å²) < 4.78 is 8.16. The molecule has 0 saturated heterocycles. The number of hydrogen-bond acceptors (Lipinski definition) is 7. The molecule has 164 valence electrons. The number of thiazole rings is 1. The van der Waals surface area contributed by atoms with Crippen molar-refractivity contribution in [3.8, 4) is 10.4 Å². The first-order valence-corrected chi connectivity index (χ1v) is 12.4. The Morgan fingerprint density at radius 3 is 2.91 bits per heavy atom. The minimum atomic E-state index is -0.388. The van der Waals surface area contributed by atoms with E-state index in [0.29, 0.717) is 18.8 Å². The van der Waals surface area contributed by atoms with Crippen LogP contribution in [-0.2, 0) is 11.3 Å². The maximum absolute atomic E-state index is 12.1. The number of benzene rings is 1. The van der Waals surface area contributed by atoms with Crippen LogP contribution in [0, 0.1) is 6.92 Å². The number of anilines is 1. The topological polar surface area (TPSA) is 60.2 Å². The Labute approximate surface area is 194 Å². The zero-order valence-corrected chi connectivity index (χ0v) is 19.7. The van der Waals surface area contributed by atoms with Crippen molar-refractivity contribution < 1.29 is 9.53 Å². The van der Waals surface area contributed by atoms with Crippen LogP contribution in [0.2, 0.25) is 0 Å². The molecule has 1 aromatic carbocycles. The van der Waals surface area contributed by atoms with Gasteiger partial charge in [0.25, 0.3) is 0 Å². The van der Waals surface area contributed by atoms with Gasteiger partial charge in [-0.3, -0.25) is 4.68 Å². The third kappa shape index (κ3) is 4.08. The average molecular weight is 465 g/mol. The van der Waals surface area contributed by atoms with E-state index < -0.39 is 0 Å². The molecule has 5 rings (SSSR count). The molecular weight excluding hydrogens is 440 g/mol. The molecule has 0 bridgehead atoms. The largest absolute Gasteiger partial charge is 0.461 e. The van der Waals surface area contributed by atoms with E-state index in [1.165, 1.54) is 15.1 Å². The average Bonchev–Trinajstić information content (AvgIpc) is 3.55. The van der Waals surface area contributed by atoms with Gasteiger partial charge in [-0.25, -0.2) is 9.78 Å². The van der Waals surface area contributed by atoms with Gasteiger partial charge >= 0.3 is 5.97 Å². The summed E-state index contributed by atoms with van der Waals surface area (Å²) in [7, 11) is 0. The van der Waals surface area contributed by atoms with Crippen molar-refractivity contribution in [1.29, 1.82) is 0 Å². The Balaban J connectivity index is 1.57. The number of hydrogen-bond donors (Lipinski definition) is 0. The fraction of sp³-hybridized carbons (Fsp3) is 0.292. The molecule has 0 fully saturated rings. The van der Waals surface area contributed by atoms with Crippen molar-refractivity contribution in [3.63, 3.8) is 0 Å². The lowest BCUT2D eigenvalue weighted by molar-refractivity contribution is 0.0518. The van der Waals surface area contributed by atoms with Crippen molar-refractivity contribution >= 4 is 44.0 Å². The van der Waals surface area contributed by atoms with E-state index in [1.807, 2.05) is 11.6 Å². The van der Waals surface area contributed by atoms with Crippen LogP contribution >= 0.6 is 22.7 Å². The maximum Gasteiger partial charge on any atom is 0.358 e. The second kappa shape index (κ2) is 8.88. The van der Waals surface area contributed by atoms with Gasteiger partial charge in [0.15, 0.2) is 10.8 Å². The first-order chi connectivity index (χ1) is 15.6. The molecule has 0 atom stereocenters. The number of aryl methyl sites for hydroxylation is 1. The van der Waals surface area contributed by atoms with E-state index in [4.69, 9.17) is 9.72 Å². The van der Waals surface area contributed by atoms with Gasteiger partial charge in [-0.15, -0.1) is 11.3 Å². The first-order valence-electron chi connectivity index (χ1n) is 10.7. The lowest BCUT2D eigenvalue weighted by Crippen LogP contribution is -2.26. The molecule has 8 heteroatoms. The minimum Gasteiger partial charge on any atom is -0.461 e. The van der Waals surface area contributed by atoms with Crippen molar-refractivity contribution in [2.24, 2.45) is 0 Å². The van der Waals surface area contributed by atoms with Gasteiger partial charge in [-0.1, -0.05) is 29.6 Å². The summed E-state index contributed by atoms with van der Waals surface area (Å²) in [5.74, 6) is -0.388. The highest BCUT2D eigenvalue weighted by atomic mass is 32.1. The predicted molar refractivity (Wildman–Crippen MR) is 131 cm³/mol. The molecule has 0 amide bonds. The highest BCUT2D eigenvalue weighted by molar-refractivity contribution is 7.22. The number of carbonyl (C=O) groups excluding carboxylic acids is 1. The van der Waals surface area contributed by atoms with Crippen LogP contribution in [0.4, 0.5) is 5.13 Å². The van der Waals surface area contributed by atoms with Gasteiger partial charge in [-0.05, 0) is 55.5 Å². The molecule has 4 heterocycles. The number of aromatic nitrogens is 3. The van der Waals surface area contributed by atoms with Crippen LogP contribution in [-0.4, -0.2) is 40.4 Å². The summed E-state index contributed by atoms with van der Waals surface area (Å²) in [6.07, 6.45) is 5.48.